The number of nitrogens with one attached hydrogen (secondary N) is 1. The minimum Gasteiger partial charge on any atom is -0.451 e. The lowest BCUT2D eigenvalue weighted by Gasteiger charge is -2.19. The summed E-state index contributed by atoms with van der Waals surface area (Å²) in [5.74, 6) is -0.272. The summed E-state index contributed by atoms with van der Waals surface area (Å²) >= 11 is 0. The summed E-state index contributed by atoms with van der Waals surface area (Å²) in [6.07, 6.45) is 1.39. The van der Waals surface area contributed by atoms with Crippen LogP contribution in [0.4, 0.5) is 0 Å². The molecule has 0 radical (unpaired) electrons. The minimum atomic E-state index is -0.549. The number of nitrogens with zero attached hydrogens (tertiary/aromatic N) is 2. The van der Waals surface area contributed by atoms with Crippen molar-refractivity contribution in [1.82, 2.24) is 9.88 Å². The fourth-order valence-electron chi connectivity index (χ4n) is 2.50. The first-order valence-electron chi connectivity index (χ1n) is 6.60. The number of hydrogen-bond donors (Lipinski definition) is 1. The summed E-state index contributed by atoms with van der Waals surface area (Å²) < 4.78 is 5.68. The molecule has 0 fully saturated rings. The van der Waals surface area contributed by atoms with Gasteiger partial charge in [-0.25, -0.2) is 0 Å². The van der Waals surface area contributed by atoms with E-state index in [1.165, 1.54) is 0 Å². The smallest absolute Gasteiger partial charge is 0.295 e. The average molecular weight is 271 g/mol. The Morgan fingerprint density at radius 2 is 2.10 bits per heavy atom. The molecule has 1 N–H and O–H groups in total. The maximum absolute atomic E-state index is 12.0. The number of amidine groups is 1. The van der Waals surface area contributed by atoms with Crippen LogP contribution in [0, 0.1) is 0 Å². The molecule has 1 amide bonds. The molecule has 1 aromatic heterocycles. The lowest BCUT2D eigenvalue weighted by molar-refractivity contribution is -0.123. The van der Waals surface area contributed by atoms with E-state index in [1.54, 1.807) is 4.90 Å². The van der Waals surface area contributed by atoms with Crippen LogP contribution in [0.5, 0.6) is 0 Å². The van der Waals surface area contributed by atoms with E-state index in [-0.39, 0.29) is 11.8 Å². The minimum absolute atomic E-state index is 0.0557. The first-order chi connectivity index (χ1) is 9.58. The molecule has 2 unspecified atom stereocenters. The summed E-state index contributed by atoms with van der Waals surface area (Å²) in [6.45, 7) is 1.99. The highest BCUT2D eigenvalue weighted by Crippen LogP contribution is 2.31. The number of aromatic amines is 1. The molecule has 1 aliphatic heterocycles. The van der Waals surface area contributed by atoms with Gasteiger partial charge in [-0.1, -0.05) is 25.1 Å². The van der Waals surface area contributed by atoms with Crippen LogP contribution in [0.2, 0.25) is 0 Å². The van der Waals surface area contributed by atoms with Gasteiger partial charge < -0.3 is 14.6 Å². The van der Waals surface area contributed by atoms with E-state index in [4.69, 9.17) is 4.74 Å². The molecule has 2 atom stereocenters. The number of rotatable bonds is 2. The van der Waals surface area contributed by atoms with Crippen molar-refractivity contribution in [3.8, 4) is 0 Å². The Morgan fingerprint density at radius 3 is 2.80 bits per heavy atom. The van der Waals surface area contributed by atoms with E-state index >= 15 is 0 Å². The molecule has 104 valence electrons. The Morgan fingerprint density at radius 1 is 1.35 bits per heavy atom. The van der Waals surface area contributed by atoms with Crippen molar-refractivity contribution < 1.29 is 9.53 Å². The van der Waals surface area contributed by atoms with Gasteiger partial charge in [-0.05, 0) is 11.6 Å². The van der Waals surface area contributed by atoms with Gasteiger partial charge in [-0.15, -0.1) is 0 Å². The van der Waals surface area contributed by atoms with Crippen LogP contribution in [0.25, 0.3) is 10.9 Å². The Balaban J connectivity index is 1.91. The lowest BCUT2D eigenvalue weighted by Crippen LogP contribution is -2.28. The van der Waals surface area contributed by atoms with Crippen LogP contribution < -0.4 is 0 Å². The van der Waals surface area contributed by atoms with Gasteiger partial charge in [0.1, 0.15) is 0 Å². The predicted molar refractivity (Wildman–Crippen MR) is 77.7 cm³/mol. The number of aromatic nitrogens is 1. The molecule has 1 aromatic carbocycles. The van der Waals surface area contributed by atoms with Crippen LogP contribution >= 0.6 is 0 Å². The zero-order valence-electron chi connectivity index (χ0n) is 11.8. The summed E-state index contributed by atoms with van der Waals surface area (Å²) in [5.41, 5.74) is 2.14. The number of fused-ring (bicyclic) bond motifs is 1. The summed E-state index contributed by atoms with van der Waals surface area (Å²) in [7, 11) is 3.62. The monoisotopic (exact) mass is 271 g/mol. The number of benzene rings is 1. The van der Waals surface area contributed by atoms with Crippen LogP contribution in [-0.2, 0) is 9.53 Å². The lowest BCUT2D eigenvalue weighted by atomic mass is 9.94. The number of amides is 1. The molecule has 5 nitrogen and oxygen atoms in total. The number of aliphatic imine (C=N–C) groups is 1. The van der Waals surface area contributed by atoms with E-state index in [0.29, 0.717) is 6.02 Å². The Labute approximate surface area is 117 Å². The standard InChI is InChI=1S/C15H17N3O2/c1-9(13-14(19)17-15(20-13)18(2)3)11-8-16-12-7-5-4-6-10(11)12/h4-9,13,16H,1-3H3. The molecule has 1 aliphatic rings. The fourth-order valence-corrected chi connectivity index (χ4v) is 2.50. The molecule has 2 aromatic rings. The van der Waals surface area contributed by atoms with Crippen molar-refractivity contribution in [2.45, 2.75) is 18.9 Å². The molecule has 0 saturated heterocycles. The van der Waals surface area contributed by atoms with Gasteiger partial charge in [-0.2, -0.15) is 4.99 Å². The van der Waals surface area contributed by atoms with Crippen molar-refractivity contribution >= 4 is 22.8 Å². The number of carbonyl (C=O) groups is 1. The van der Waals surface area contributed by atoms with E-state index in [2.05, 4.69) is 9.98 Å². The largest absolute Gasteiger partial charge is 0.451 e. The Kier molecular flexibility index (Phi) is 2.97. The second-order valence-electron chi connectivity index (χ2n) is 5.24. The van der Waals surface area contributed by atoms with E-state index in [1.807, 2.05) is 51.5 Å². The third-order valence-electron chi connectivity index (χ3n) is 3.63. The van der Waals surface area contributed by atoms with Crippen molar-refractivity contribution in [2.75, 3.05) is 14.1 Å². The molecule has 2 heterocycles. The van der Waals surface area contributed by atoms with Crippen molar-refractivity contribution in [3.05, 3.63) is 36.0 Å². The fraction of sp³-hybridized carbons (Fsp3) is 0.333. The molecule has 0 saturated carbocycles. The van der Waals surface area contributed by atoms with Gasteiger partial charge in [-0.3, -0.25) is 4.79 Å². The summed E-state index contributed by atoms with van der Waals surface area (Å²) in [4.78, 5) is 20.9. The topological polar surface area (TPSA) is 57.7 Å². The molecule has 3 rings (SSSR count). The highest BCUT2D eigenvalue weighted by atomic mass is 16.5. The molecular weight excluding hydrogens is 254 g/mol. The normalized spacial score (nSPS) is 19.9. The molecule has 0 bridgehead atoms. The van der Waals surface area contributed by atoms with E-state index in [9.17, 15) is 4.79 Å². The number of para-hydroxylation sites is 1. The van der Waals surface area contributed by atoms with Crippen molar-refractivity contribution in [1.29, 1.82) is 0 Å². The number of H-pyrrole nitrogens is 1. The SMILES string of the molecule is CC(c1c[nH]c2ccccc12)C1OC(N(C)C)=NC1=O. The second-order valence-corrected chi connectivity index (χ2v) is 5.24. The maximum Gasteiger partial charge on any atom is 0.295 e. The number of hydrogen-bond acceptors (Lipinski definition) is 3. The second kappa shape index (κ2) is 4.67. The van der Waals surface area contributed by atoms with Crippen LogP contribution in [0.1, 0.15) is 18.4 Å². The molecule has 0 spiro atoms. The predicted octanol–water partition coefficient (Wildman–Crippen LogP) is 2.11. The molecule has 0 aliphatic carbocycles. The highest BCUT2D eigenvalue weighted by molar-refractivity contribution is 5.99. The van der Waals surface area contributed by atoms with Crippen LogP contribution in [0.15, 0.2) is 35.5 Å². The van der Waals surface area contributed by atoms with Crippen LogP contribution in [0.3, 0.4) is 0 Å². The van der Waals surface area contributed by atoms with Crippen molar-refractivity contribution in [3.63, 3.8) is 0 Å². The van der Waals surface area contributed by atoms with Gasteiger partial charge in [0.2, 0.25) is 0 Å². The van der Waals surface area contributed by atoms with Gasteiger partial charge in [0.05, 0.1) is 0 Å². The quantitative estimate of drug-likeness (QED) is 0.910. The first kappa shape index (κ1) is 12.7. The zero-order chi connectivity index (χ0) is 14.3. The Bertz CT molecular complexity index is 687. The van der Waals surface area contributed by atoms with E-state index < -0.39 is 6.10 Å². The average Bonchev–Trinajstić information content (AvgIpc) is 3.01. The summed E-state index contributed by atoms with van der Waals surface area (Å²) in [5, 5.41) is 1.12. The summed E-state index contributed by atoms with van der Waals surface area (Å²) in [6, 6.07) is 8.42. The number of carbonyl (C=O) groups excluding carboxylic acids is 1. The van der Waals surface area contributed by atoms with Gasteiger partial charge >= 0.3 is 0 Å². The highest BCUT2D eigenvalue weighted by Gasteiger charge is 2.36. The zero-order valence-corrected chi connectivity index (χ0v) is 11.8. The third kappa shape index (κ3) is 1.95. The maximum atomic E-state index is 12.0. The van der Waals surface area contributed by atoms with Crippen LogP contribution in [-0.4, -0.2) is 42.0 Å². The molecular formula is C15H17N3O2. The molecule has 5 heteroatoms. The first-order valence-corrected chi connectivity index (χ1v) is 6.60. The van der Waals surface area contributed by atoms with Gasteiger partial charge in [0.15, 0.2) is 6.10 Å². The van der Waals surface area contributed by atoms with Gasteiger partial charge in [0, 0.05) is 37.1 Å². The Hall–Kier alpha value is -2.30. The van der Waals surface area contributed by atoms with E-state index in [0.717, 1.165) is 16.5 Å². The number of ether oxygens (including phenoxy) is 1. The van der Waals surface area contributed by atoms with Crippen molar-refractivity contribution in [2.24, 2.45) is 4.99 Å². The third-order valence-corrected chi connectivity index (χ3v) is 3.63. The molecule has 20 heavy (non-hydrogen) atoms. The van der Waals surface area contributed by atoms with Gasteiger partial charge in [0.25, 0.3) is 11.9 Å².